The summed E-state index contributed by atoms with van der Waals surface area (Å²) in [4.78, 5) is 21.4. The van der Waals surface area contributed by atoms with E-state index >= 15 is 0 Å². The molecule has 16 heavy (non-hydrogen) atoms. The van der Waals surface area contributed by atoms with Crippen LogP contribution in [0.5, 0.6) is 0 Å². The molecule has 0 aliphatic heterocycles. The molecule has 1 aromatic rings. The molecule has 1 aromatic heterocycles. The number of aryl methyl sites for hydroxylation is 1. The molecule has 86 valence electrons. The number of carboxylic acids is 1. The van der Waals surface area contributed by atoms with Crippen molar-refractivity contribution in [2.45, 2.75) is 13.0 Å². The van der Waals surface area contributed by atoms with Crippen LogP contribution < -0.4 is 5.32 Å². The van der Waals surface area contributed by atoms with E-state index in [9.17, 15) is 9.59 Å². The molecule has 2 N–H and O–H groups in total. The van der Waals surface area contributed by atoms with Gasteiger partial charge in [0.25, 0.3) is 0 Å². The van der Waals surface area contributed by atoms with Gasteiger partial charge in [0.15, 0.2) is 5.82 Å². The van der Waals surface area contributed by atoms with Crippen molar-refractivity contribution in [2.24, 2.45) is 7.05 Å². The number of hydrogen-bond acceptors (Lipinski definition) is 4. The van der Waals surface area contributed by atoms with Gasteiger partial charge >= 0.3 is 5.97 Å². The maximum absolute atomic E-state index is 11.2. The fraction of sp³-hybridized carbons (Fsp3) is 0.333. The zero-order chi connectivity index (χ0) is 12.1. The number of aliphatic carboxylic acids is 1. The third kappa shape index (κ3) is 3.19. The molecule has 0 radical (unpaired) electrons. The quantitative estimate of drug-likeness (QED) is 0.680. The van der Waals surface area contributed by atoms with E-state index in [-0.39, 0.29) is 6.04 Å². The molecule has 0 aliphatic carbocycles. The molecule has 1 unspecified atom stereocenters. The van der Waals surface area contributed by atoms with Crippen LogP contribution in [-0.4, -0.2) is 31.7 Å². The Bertz CT molecular complexity index is 424. The van der Waals surface area contributed by atoms with Crippen LogP contribution in [-0.2, 0) is 16.6 Å². The summed E-state index contributed by atoms with van der Waals surface area (Å²) in [6, 6.07) is -0.335. The smallest absolute Gasteiger partial charge is 0.328 e. The highest BCUT2D eigenvalue weighted by molar-refractivity contribution is 5.93. The number of carbonyl (C=O) groups is 2. The minimum absolute atomic E-state index is 0.335. The molecular formula is C9H12N4O3. The number of aromatic nitrogens is 3. The number of amides is 1. The van der Waals surface area contributed by atoms with Crippen LogP contribution in [0.3, 0.4) is 0 Å². The average molecular weight is 224 g/mol. The van der Waals surface area contributed by atoms with Crippen LogP contribution in [0, 0.1) is 0 Å². The van der Waals surface area contributed by atoms with Gasteiger partial charge in [-0.05, 0) is 6.92 Å². The Balaban J connectivity index is 2.59. The van der Waals surface area contributed by atoms with Crippen molar-refractivity contribution in [1.29, 1.82) is 0 Å². The zero-order valence-electron chi connectivity index (χ0n) is 8.91. The van der Waals surface area contributed by atoms with Crippen molar-refractivity contribution >= 4 is 11.9 Å². The second-order valence-corrected chi connectivity index (χ2v) is 3.20. The van der Waals surface area contributed by atoms with Crippen molar-refractivity contribution in [3.8, 4) is 0 Å². The van der Waals surface area contributed by atoms with Gasteiger partial charge in [-0.25, -0.2) is 4.79 Å². The lowest BCUT2D eigenvalue weighted by atomic mass is 10.3. The predicted octanol–water partition coefficient (Wildman–Crippen LogP) is -0.367. The van der Waals surface area contributed by atoms with Gasteiger partial charge in [-0.15, -0.1) is 10.2 Å². The van der Waals surface area contributed by atoms with E-state index < -0.39 is 11.9 Å². The first-order valence-corrected chi connectivity index (χ1v) is 4.56. The largest absolute Gasteiger partial charge is 0.478 e. The number of hydrogen-bond donors (Lipinski definition) is 2. The molecule has 0 aliphatic rings. The zero-order valence-corrected chi connectivity index (χ0v) is 8.91. The van der Waals surface area contributed by atoms with E-state index in [0.29, 0.717) is 5.82 Å². The lowest BCUT2D eigenvalue weighted by molar-refractivity contribution is -0.131. The molecule has 1 rings (SSSR count). The summed E-state index contributed by atoms with van der Waals surface area (Å²) < 4.78 is 1.67. The van der Waals surface area contributed by atoms with Crippen LogP contribution in [0.1, 0.15) is 18.8 Å². The highest BCUT2D eigenvalue weighted by Crippen LogP contribution is 2.06. The van der Waals surface area contributed by atoms with Crippen molar-refractivity contribution in [2.75, 3.05) is 0 Å². The van der Waals surface area contributed by atoms with Gasteiger partial charge in [-0.1, -0.05) is 0 Å². The fourth-order valence-corrected chi connectivity index (χ4v) is 1.16. The normalized spacial score (nSPS) is 12.6. The Morgan fingerprint density at radius 2 is 2.25 bits per heavy atom. The van der Waals surface area contributed by atoms with Crippen LogP contribution in [0.15, 0.2) is 18.5 Å². The molecular weight excluding hydrogens is 212 g/mol. The molecule has 0 aromatic carbocycles. The van der Waals surface area contributed by atoms with Crippen molar-refractivity contribution < 1.29 is 14.7 Å². The summed E-state index contributed by atoms with van der Waals surface area (Å²) in [6.45, 7) is 1.73. The van der Waals surface area contributed by atoms with Crippen molar-refractivity contribution in [3.05, 3.63) is 24.3 Å². The maximum Gasteiger partial charge on any atom is 0.328 e. The minimum atomic E-state index is -1.17. The van der Waals surface area contributed by atoms with Gasteiger partial charge in [-0.2, -0.15) is 0 Å². The topological polar surface area (TPSA) is 97.1 Å². The maximum atomic E-state index is 11.2. The fourth-order valence-electron chi connectivity index (χ4n) is 1.16. The van der Waals surface area contributed by atoms with Gasteiger partial charge in [-0.3, -0.25) is 4.79 Å². The van der Waals surface area contributed by atoms with Gasteiger partial charge in [0.05, 0.1) is 6.04 Å². The number of nitrogens with zero attached hydrogens (tertiary/aromatic N) is 3. The van der Waals surface area contributed by atoms with Crippen LogP contribution in [0.25, 0.3) is 0 Å². The summed E-state index contributed by atoms with van der Waals surface area (Å²) in [5, 5.41) is 18.4. The Morgan fingerprint density at radius 3 is 2.75 bits per heavy atom. The van der Waals surface area contributed by atoms with E-state index in [1.807, 2.05) is 0 Å². The van der Waals surface area contributed by atoms with Crippen LogP contribution in [0.2, 0.25) is 0 Å². The lowest BCUT2D eigenvalue weighted by Crippen LogP contribution is -2.26. The average Bonchev–Trinajstić information content (AvgIpc) is 2.61. The minimum Gasteiger partial charge on any atom is -0.478 e. The Kier molecular flexibility index (Phi) is 3.76. The molecule has 1 amide bonds. The predicted molar refractivity (Wildman–Crippen MR) is 54.3 cm³/mol. The monoisotopic (exact) mass is 224 g/mol. The SMILES string of the molecule is CC(NC(=O)/C=C/C(=O)O)c1nncn1C. The highest BCUT2D eigenvalue weighted by atomic mass is 16.4. The van der Waals surface area contributed by atoms with Crippen LogP contribution in [0.4, 0.5) is 0 Å². The second kappa shape index (κ2) is 5.06. The highest BCUT2D eigenvalue weighted by Gasteiger charge is 2.12. The Morgan fingerprint density at radius 1 is 1.56 bits per heavy atom. The van der Waals surface area contributed by atoms with Gasteiger partial charge < -0.3 is 15.0 Å². The summed E-state index contributed by atoms with van der Waals surface area (Å²) in [5.41, 5.74) is 0. The van der Waals surface area contributed by atoms with Gasteiger partial charge in [0.1, 0.15) is 6.33 Å². The van der Waals surface area contributed by atoms with Crippen molar-refractivity contribution in [3.63, 3.8) is 0 Å². The molecule has 0 saturated heterocycles. The standard InChI is InChI=1S/C9H12N4O3/c1-6(9-12-10-5-13(9)2)11-7(14)3-4-8(15)16/h3-6H,1-2H3,(H,11,14)(H,15,16)/b4-3+. The molecule has 1 heterocycles. The molecule has 0 fully saturated rings. The van der Waals surface area contributed by atoms with E-state index in [4.69, 9.17) is 5.11 Å². The lowest BCUT2D eigenvalue weighted by Gasteiger charge is -2.10. The molecule has 7 nitrogen and oxygen atoms in total. The molecule has 0 saturated carbocycles. The Labute approximate surface area is 91.8 Å². The van der Waals surface area contributed by atoms with Crippen LogP contribution >= 0.6 is 0 Å². The van der Waals surface area contributed by atoms with E-state index in [1.165, 1.54) is 6.33 Å². The molecule has 7 heteroatoms. The summed E-state index contributed by atoms with van der Waals surface area (Å²) >= 11 is 0. The van der Waals surface area contributed by atoms with Crippen molar-refractivity contribution in [1.82, 2.24) is 20.1 Å². The molecule has 1 atom stereocenters. The summed E-state index contributed by atoms with van der Waals surface area (Å²) in [7, 11) is 1.76. The van der Waals surface area contributed by atoms with Gasteiger partial charge in [0, 0.05) is 19.2 Å². The third-order valence-electron chi connectivity index (χ3n) is 1.87. The molecule has 0 bridgehead atoms. The number of carboxylic acid groups (broad SMARTS) is 1. The van der Waals surface area contributed by atoms with E-state index in [0.717, 1.165) is 12.2 Å². The number of carbonyl (C=O) groups excluding carboxylic acids is 1. The number of rotatable bonds is 4. The first kappa shape index (κ1) is 11.9. The summed E-state index contributed by atoms with van der Waals surface area (Å²) in [6.07, 6.45) is 3.25. The molecule has 0 spiro atoms. The first-order chi connectivity index (χ1) is 7.50. The Hall–Kier alpha value is -2.18. The first-order valence-electron chi connectivity index (χ1n) is 4.56. The van der Waals surface area contributed by atoms with Gasteiger partial charge in [0.2, 0.25) is 5.91 Å². The van der Waals surface area contributed by atoms with E-state index in [2.05, 4.69) is 15.5 Å². The second-order valence-electron chi connectivity index (χ2n) is 3.20. The third-order valence-corrected chi connectivity index (χ3v) is 1.87. The van der Waals surface area contributed by atoms with E-state index in [1.54, 1.807) is 18.5 Å². The number of nitrogens with one attached hydrogen (secondary N) is 1. The summed E-state index contributed by atoms with van der Waals surface area (Å²) in [5.74, 6) is -1.06.